The molecular formula is C14H21N3O2. The van der Waals surface area contributed by atoms with Crippen molar-refractivity contribution in [2.45, 2.75) is 31.8 Å². The number of anilines is 1. The zero-order valence-electron chi connectivity index (χ0n) is 11.5. The number of hydrogen-bond acceptors (Lipinski definition) is 5. The largest absolute Gasteiger partial charge is 0.381 e. The molecule has 0 N–H and O–H groups in total. The first-order valence-corrected chi connectivity index (χ1v) is 7.06. The van der Waals surface area contributed by atoms with Crippen molar-refractivity contribution in [3.05, 3.63) is 17.6 Å². The lowest BCUT2D eigenvalue weighted by molar-refractivity contribution is 0.177. The minimum atomic E-state index is 0.417. The van der Waals surface area contributed by atoms with Gasteiger partial charge < -0.3 is 14.4 Å². The molecule has 1 aromatic rings. The van der Waals surface area contributed by atoms with Crippen LogP contribution in [-0.4, -0.2) is 43.4 Å². The third-order valence-corrected chi connectivity index (χ3v) is 3.83. The second-order valence-electron chi connectivity index (χ2n) is 5.25. The predicted molar refractivity (Wildman–Crippen MR) is 72.4 cm³/mol. The Morgan fingerprint density at radius 2 is 2.21 bits per heavy atom. The van der Waals surface area contributed by atoms with Gasteiger partial charge in [-0.2, -0.15) is 0 Å². The minimum Gasteiger partial charge on any atom is -0.381 e. The van der Waals surface area contributed by atoms with Gasteiger partial charge in [0.2, 0.25) is 0 Å². The molecule has 0 aromatic carbocycles. The summed E-state index contributed by atoms with van der Waals surface area (Å²) in [7, 11) is 1.68. The maximum Gasteiger partial charge on any atom is 0.156 e. The summed E-state index contributed by atoms with van der Waals surface area (Å²) in [5.41, 5.74) is 1.11. The second kappa shape index (κ2) is 5.84. The Bertz CT molecular complexity index is 392. The molecular weight excluding hydrogens is 242 g/mol. The van der Waals surface area contributed by atoms with E-state index in [-0.39, 0.29) is 0 Å². The van der Waals surface area contributed by atoms with Crippen molar-refractivity contribution in [1.82, 2.24) is 9.97 Å². The van der Waals surface area contributed by atoms with Crippen molar-refractivity contribution in [3.63, 3.8) is 0 Å². The highest BCUT2D eigenvalue weighted by Crippen LogP contribution is 2.27. The molecule has 2 aliphatic rings. The van der Waals surface area contributed by atoms with E-state index in [1.165, 1.54) is 12.8 Å². The average Bonchev–Trinajstić information content (AvgIpc) is 3.12. The van der Waals surface area contributed by atoms with Crippen LogP contribution in [0.5, 0.6) is 0 Å². The summed E-state index contributed by atoms with van der Waals surface area (Å²) in [4.78, 5) is 11.6. The van der Waals surface area contributed by atoms with E-state index in [0.29, 0.717) is 12.5 Å². The Hall–Kier alpha value is -1.20. The Labute approximate surface area is 113 Å². The fourth-order valence-electron chi connectivity index (χ4n) is 2.78. The summed E-state index contributed by atoms with van der Waals surface area (Å²) in [6, 6.07) is 2.14. The number of rotatable bonds is 4. The van der Waals surface area contributed by atoms with E-state index in [2.05, 4.69) is 20.9 Å². The first-order valence-electron chi connectivity index (χ1n) is 7.06. The Morgan fingerprint density at radius 1 is 1.37 bits per heavy atom. The Kier molecular flexibility index (Phi) is 3.94. The standard InChI is InChI=1S/C14H21N3O2/c1-18-10-13-15-12(11-4-7-19-9-11)8-14(16-13)17-5-2-3-6-17/h8,11H,2-7,9-10H2,1H3. The van der Waals surface area contributed by atoms with E-state index in [1.54, 1.807) is 7.11 Å². The molecule has 3 rings (SSSR count). The molecule has 1 atom stereocenters. The first kappa shape index (κ1) is 12.8. The van der Waals surface area contributed by atoms with Gasteiger partial charge in [-0.1, -0.05) is 0 Å². The van der Waals surface area contributed by atoms with Gasteiger partial charge in [0, 0.05) is 38.8 Å². The van der Waals surface area contributed by atoms with Gasteiger partial charge in [-0.15, -0.1) is 0 Å². The van der Waals surface area contributed by atoms with E-state index in [1.807, 2.05) is 0 Å². The molecule has 1 unspecified atom stereocenters. The topological polar surface area (TPSA) is 47.5 Å². The summed E-state index contributed by atoms with van der Waals surface area (Å²) < 4.78 is 10.7. The monoisotopic (exact) mass is 263 g/mol. The first-order chi connectivity index (χ1) is 9.36. The molecule has 5 heteroatoms. The SMILES string of the molecule is COCc1nc(C2CCOC2)cc(N2CCCC2)n1. The summed E-state index contributed by atoms with van der Waals surface area (Å²) in [5.74, 6) is 2.26. The predicted octanol–water partition coefficient (Wildman–Crippen LogP) is 1.73. The van der Waals surface area contributed by atoms with E-state index in [4.69, 9.17) is 9.47 Å². The molecule has 0 saturated carbocycles. The van der Waals surface area contributed by atoms with Crippen LogP contribution in [0.3, 0.4) is 0 Å². The highest BCUT2D eigenvalue weighted by molar-refractivity contribution is 5.41. The van der Waals surface area contributed by atoms with Crippen LogP contribution < -0.4 is 4.90 Å². The summed E-state index contributed by atoms with van der Waals surface area (Å²) in [6.45, 7) is 4.30. The zero-order valence-corrected chi connectivity index (χ0v) is 11.5. The van der Waals surface area contributed by atoms with Crippen LogP contribution in [-0.2, 0) is 16.1 Å². The molecule has 0 amide bonds. The lowest BCUT2D eigenvalue weighted by Crippen LogP contribution is -2.21. The smallest absolute Gasteiger partial charge is 0.156 e. The molecule has 0 bridgehead atoms. The van der Waals surface area contributed by atoms with Crippen LogP contribution in [0.2, 0.25) is 0 Å². The van der Waals surface area contributed by atoms with Gasteiger partial charge in [0.05, 0.1) is 12.3 Å². The minimum absolute atomic E-state index is 0.417. The van der Waals surface area contributed by atoms with Gasteiger partial charge in [-0.25, -0.2) is 9.97 Å². The highest BCUT2D eigenvalue weighted by Gasteiger charge is 2.22. The zero-order chi connectivity index (χ0) is 13.1. The van der Waals surface area contributed by atoms with Gasteiger partial charge >= 0.3 is 0 Å². The van der Waals surface area contributed by atoms with E-state index in [9.17, 15) is 0 Å². The van der Waals surface area contributed by atoms with Crippen molar-refractivity contribution in [3.8, 4) is 0 Å². The quantitative estimate of drug-likeness (QED) is 0.828. The molecule has 2 saturated heterocycles. The number of ether oxygens (including phenoxy) is 2. The van der Waals surface area contributed by atoms with Crippen molar-refractivity contribution >= 4 is 5.82 Å². The number of nitrogens with zero attached hydrogens (tertiary/aromatic N) is 3. The van der Waals surface area contributed by atoms with Gasteiger partial charge in [-0.05, 0) is 19.3 Å². The summed E-state index contributed by atoms with van der Waals surface area (Å²) in [6.07, 6.45) is 3.57. The normalized spacial score (nSPS) is 23.2. The van der Waals surface area contributed by atoms with Crippen LogP contribution in [0.25, 0.3) is 0 Å². The summed E-state index contributed by atoms with van der Waals surface area (Å²) in [5, 5.41) is 0. The molecule has 2 aliphatic heterocycles. The van der Waals surface area contributed by atoms with Crippen LogP contribution in [0, 0.1) is 0 Å². The molecule has 1 aromatic heterocycles. The maximum absolute atomic E-state index is 5.47. The lowest BCUT2D eigenvalue weighted by atomic mass is 10.0. The maximum atomic E-state index is 5.47. The third kappa shape index (κ3) is 2.87. The van der Waals surface area contributed by atoms with E-state index < -0.39 is 0 Å². The van der Waals surface area contributed by atoms with Gasteiger partial charge in [0.25, 0.3) is 0 Å². The number of hydrogen-bond donors (Lipinski definition) is 0. The van der Waals surface area contributed by atoms with Crippen LogP contribution in [0.15, 0.2) is 6.07 Å². The second-order valence-corrected chi connectivity index (χ2v) is 5.25. The van der Waals surface area contributed by atoms with Crippen molar-refractivity contribution in [1.29, 1.82) is 0 Å². The Balaban J connectivity index is 1.88. The Morgan fingerprint density at radius 3 is 2.89 bits per heavy atom. The van der Waals surface area contributed by atoms with Crippen LogP contribution in [0.4, 0.5) is 5.82 Å². The highest BCUT2D eigenvalue weighted by atomic mass is 16.5. The summed E-state index contributed by atoms with van der Waals surface area (Å²) >= 11 is 0. The van der Waals surface area contributed by atoms with E-state index >= 15 is 0 Å². The molecule has 0 radical (unpaired) electrons. The fourth-order valence-corrected chi connectivity index (χ4v) is 2.78. The van der Waals surface area contributed by atoms with Gasteiger partial charge in [-0.3, -0.25) is 0 Å². The molecule has 0 spiro atoms. The number of methoxy groups -OCH3 is 1. The van der Waals surface area contributed by atoms with Crippen molar-refractivity contribution in [2.75, 3.05) is 38.3 Å². The molecule has 0 aliphatic carbocycles. The van der Waals surface area contributed by atoms with Gasteiger partial charge in [0.15, 0.2) is 5.82 Å². The molecule has 2 fully saturated rings. The molecule has 3 heterocycles. The molecule has 5 nitrogen and oxygen atoms in total. The average molecular weight is 263 g/mol. The fraction of sp³-hybridized carbons (Fsp3) is 0.714. The van der Waals surface area contributed by atoms with Crippen LogP contribution >= 0.6 is 0 Å². The van der Waals surface area contributed by atoms with Crippen LogP contribution in [0.1, 0.15) is 36.7 Å². The number of aromatic nitrogens is 2. The molecule has 19 heavy (non-hydrogen) atoms. The third-order valence-electron chi connectivity index (χ3n) is 3.83. The van der Waals surface area contributed by atoms with Crippen molar-refractivity contribution < 1.29 is 9.47 Å². The molecule has 104 valence electrons. The lowest BCUT2D eigenvalue weighted by Gasteiger charge is -2.19. The van der Waals surface area contributed by atoms with Crippen molar-refractivity contribution in [2.24, 2.45) is 0 Å². The van der Waals surface area contributed by atoms with E-state index in [0.717, 1.165) is 50.1 Å². The van der Waals surface area contributed by atoms with Gasteiger partial charge in [0.1, 0.15) is 12.4 Å².